The summed E-state index contributed by atoms with van der Waals surface area (Å²) < 4.78 is 0. The van der Waals surface area contributed by atoms with Crippen LogP contribution in [0.25, 0.3) is 11.1 Å². The second-order valence-electron chi connectivity index (χ2n) is 7.78. The Kier molecular flexibility index (Phi) is 9.85. The number of aromatic nitrogens is 1. The average Bonchev–Trinajstić information content (AvgIpc) is 2.79. The minimum absolute atomic E-state index is 0.0486. The van der Waals surface area contributed by atoms with E-state index in [0.717, 1.165) is 42.4 Å². The van der Waals surface area contributed by atoms with E-state index < -0.39 is 0 Å². The molecule has 0 radical (unpaired) electrons. The zero-order valence-electron chi connectivity index (χ0n) is 19.8. The van der Waals surface area contributed by atoms with Crippen molar-refractivity contribution in [3.63, 3.8) is 0 Å². The fraction of sp³-hybridized carbons (Fsp3) is 0.440. The molecule has 0 saturated carbocycles. The van der Waals surface area contributed by atoms with Crippen molar-refractivity contribution in [1.82, 2.24) is 15.6 Å². The molecule has 2 amide bonds. The van der Waals surface area contributed by atoms with Crippen molar-refractivity contribution < 1.29 is 9.59 Å². The lowest BCUT2D eigenvalue weighted by molar-refractivity contribution is 0.0905. The quantitative estimate of drug-likeness (QED) is 0.286. The van der Waals surface area contributed by atoms with Gasteiger partial charge >= 0.3 is 6.03 Å². The van der Waals surface area contributed by atoms with E-state index in [1.807, 2.05) is 38.1 Å². The van der Waals surface area contributed by atoms with Crippen LogP contribution in [-0.2, 0) is 0 Å². The van der Waals surface area contributed by atoms with Crippen molar-refractivity contribution in [2.24, 2.45) is 10.9 Å². The van der Waals surface area contributed by atoms with Gasteiger partial charge in [0.15, 0.2) is 5.78 Å². The third-order valence-corrected chi connectivity index (χ3v) is 5.28. The van der Waals surface area contributed by atoms with Crippen LogP contribution in [0, 0.1) is 12.8 Å². The molecule has 0 unspecified atom stereocenters. The predicted molar refractivity (Wildman–Crippen MR) is 131 cm³/mol. The molecular formula is C25H35N5O2. The fourth-order valence-corrected chi connectivity index (χ4v) is 3.74. The maximum Gasteiger partial charge on any atom is 0.321 e. The molecule has 172 valence electrons. The van der Waals surface area contributed by atoms with Crippen LogP contribution in [0.5, 0.6) is 0 Å². The molecule has 1 aromatic heterocycles. The van der Waals surface area contributed by atoms with Crippen LogP contribution in [0.15, 0.2) is 41.7 Å². The summed E-state index contributed by atoms with van der Waals surface area (Å²) in [6.45, 7) is 8.50. The number of Topliss-reactive ketones (excluding diaryl/α,β-unsaturated/α-hetero) is 1. The number of carbonyl (C=O) groups excluding carboxylic acids is 2. The maximum atomic E-state index is 13.7. The van der Waals surface area contributed by atoms with Crippen molar-refractivity contribution in [3.05, 3.63) is 47.8 Å². The van der Waals surface area contributed by atoms with Gasteiger partial charge in [-0.25, -0.2) is 4.79 Å². The van der Waals surface area contributed by atoms with Gasteiger partial charge in [0.1, 0.15) is 0 Å². The molecule has 0 fully saturated rings. The number of nitrogens with one attached hydrogen (secondary N) is 3. The van der Waals surface area contributed by atoms with Crippen LogP contribution in [0.2, 0.25) is 0 Å². The van der Waals surface area contributed by atoms with E-state index >= 15 is 0 Å². The number of amides is 2. The number of rotatable bonds is 9. The minimum Gasteiger partial charge on any atom is -0.338 e. The highest BCUT2D eigenvalue weighted by molar-refractivity contribution is 6.10. The van der Waals surface area contributed by atoms with Gasteiger partial charge in [-0.2, -0.15) is 0 Å². The Morgan fingerprint density at radius 1 is 1.09 bits per heavy atom. The largest absolute Gasteiger partial charge is 0.338 e. The van der Waals surface area contributed by atoms with Gasteiger partial charge in [0.05, 0.1) is 5.69 Å². The van der Waals surface area contributed by atoms with Crippen LogP contribution >= 0.6 is 0 Å². The Morgan fingerprint density at radius 3 is 2.38 bits per heavy atom. The third-order valence-electron chi connectivity index (χ3n) is 5.28. The Balaban J connectivity index is 2.53. The van der Waals surface area contributed by atoms with Gasteiger partial charge in [0.25, 0.3) is 0 Å². The maximum absolute atomic E-state index is 13.7. The molecule has 0 aliphatic heterocycles. The molecule has 0 aliphatic rings. The van der Waals surface area contributed by atoms with E-state index in [0.29, 0.717) is 17.8 Å². The SMILES string of the molecule is CCCC(CCC)C(=O)c1cc(-c2cccnc2)cc(C)c1NC(=NC)NC(=O)NCC. The second kappa shape index (κ2) is 12.6. The molecule has 7 nitrogen and oxygen atoms in total. The lowest BCUT2D eigenvalue weighted by Gasteiger charge is -2.21. The highest BCUT2D eigenvalue weighted by Crippen LogP contribution is 2.32. The number of aliphatic imine (C=N–C) groups is 1. The smallest absolute Gasteiger partial charge is 0.321 e. The number of hydrogen-bond donors (Lipinski definition) is 3. The first-order valence-electron chi connectivity index (χ1n) is 11.3. The lowest BCUT2D eigenvalue weighted by Crippen LogP contribution is -2.42. The topological polar surface area (TPSA) is 95.5 Å². The molecule has 0 spiro atoms. The van der Waals surface area contributed by atoms with Crippen LogP contribution in [-0.4, -0.2) is 36.4 Å². The number of guanidine groups is 1. The van der Waals surface area contributed by atoms with Gasteiger partial charge in [-0.3, -0.25) is 20.1 Å². The van der Waals surface area contributed by atoms with Crippen molar-refractivity contribution in [3.8, 4) is 11.1 Å². The van der Waals surface area contributed by atoms with Gasteiger partial charge in [-0.05, 0) is 56.0 Å². The van der Waals surface area contributed by atoms with Gasteiger partial charge in [0.2, 0.25) is 5.96 Å². The standard InChI is InChI=1S/C25H35N5O2/c1-6-10-18(11-7-2)23(31)21-15-20(19-12-9-13-27-16-19)14-17(4)22(21)29-24(26-5)30-25(32)28-8-3/h9,12-16,18H,6-8,10-11H2,1-5H3,(H3,26,28,29,30,32). The number of urea groups is 1. The zero-order chi connectivity index (χ0) is 23.5. The molecule has 3 N–H and O–H groups in total. The number of nitrogens with zero attached hydrogens (tertiary/aromatic N) is 2. The van der Waals surface area contributed by atoms with Crippen molar-refractivity contribution in [1.29, 1.82) is 0 Å². The minimum atomic E-state index is -0.354. The molecule has 0 aliphatic carbocycles. The summed E-state index contributed by atoms with van der Waals surface area (Å²) in [4.78, 5) is 34.1. The molecule has 2 rings (SSSR count). The summed E-state index contributed by atoms with van der Waals surface area (Å²) in [5.41, 5.74) is 4.04. The number of pyridine rings is 1. The normalized spacial score (nSPS) is 11.4. The molecule has 7 heteroatoms. The first-order valence-corrected chi connectivity index (χ1v) is 11.3. The first-order chi connectivity index (χ1) is 15.4. The second-order valence-corrected chi connectivity index (χ2v) is 7.78. The Morgan fingerprint density at radius 2 is 1.81 bits per heavy atom. The van der Waals surface area contributed by atoms with Crippen molar-refractivity contribution in [2.45, 2.75) is 53.4 Å². The highest BCUT2D eigenvalue weighted by atomic mass is 16.2. The fourth-order valence-electron chi connectivity index (χ4n) is 3.74. The average molecular weight is 438 g/mol. The van der Waals surface area contributed by atoms with E-state index in [4.69, 9.17) is 0 Å². The molecule has 0 atom stereocenters. The van der Waals surface area contributed by atoms with E-state index in [1.54, 1.807) is 19.4 Å². The van der Waals surface area contributed by atoms with Crippen LogP contribution in [0.3, 0.4) is 0 Å². The van der Waals surface area contributed by atoms with Crippen LogP contribution in [0.4, 0.5) is 10.5 Å². The lowest BCUT2D eigenvalue weighted by atomic mass is 9.87. The molecule has 32 heavy (non-hydrogen) atoms. The van der Waals surface area contributed by atoms with Gasteiger partial charge in [-0.1, -0.05) is 32.8 Å². The van der Waals surface area contributed by atoms with E-state index in [-0.39, 0.29) is 23.7 Å². The number of benzene rings is 1. The zero-order valence-corrected chi connectivity index (χ0v) is 19.8. The molecule has 1 aromatic carbocycles. The van der Waals surface area contributed by atoms with Gasteiger partial charge in [-0.15, -0.1) is 0 Å². The number of aryl methyl sites for hydroxylation is 1. The molecular weight excluding hydrogens is 402 g/mol. The summed E-state index contributed by atoms with van der Waals surface area (Å²) in [7, 11) is 1.59. The number of carbonyl (C=O) groups is 2. The number of anilines is 1. The highest BCUT2D eigenvalue weighted by Gasteiger charge is 2.24. The van der Waals surface area contributed by atoms with Crippen molar-refractivity contribution in [2.75, 3.05) is 18.9 Å². The predicted octanol–water partition coefficient (Wildman–Crippen LogP) is 5.17. The number of ketones is 1. The van der Waals surface area contributed by atoms with E-state index in [2.05, 4.69) is 39.8 Å². The summed E-state index contributed by atoms with van der Waals surface area (Å²) in [6, 6.07) is 7.45. The molecule has 0 bridgehead atoms. The third kappa shape index (κ3) is 6.64. The summed E-state index contributed by atoms with van der Waals surface area (Å²) >= 11 is 0. The Labute approximate surface area is 191 Å². The van der Waals surface area contributed by atoms with E-state index in [1.165, 1.54) is 0 Å². The molecule has 1 heterocycles. The van der Waals surface area contributed by atoms with Crippen LogP contribution < -0.4 is 16.0 Å². The van der Waals surface area contributed by atoms with E-state index in [9.17, 15) is 9.59 Å². The summed E-state index contributed by atoms with van der Waals surface area (Å²) in [6.07, 6.45) is 7.10. The van der Waals surface area contributed by atoms with Gasteiger partial charge in [0, 0.05) is 43.0 Å². The first kappa shape index (κ1) is 25.0. The molecule has 2 aromatic rings. The monoisotopic (exact) mass is 437 g/mol. The van der Waals surface area contributed by atoms with Crippen molar-refractivity contribution >= 4 is 23.5 Å². The molecule has 0 saturated heterocycles. The van der Waals surface area contributed by atoms with Crippen LogP contribution in [0.1, 0.15) is 62.4 Å². The van der Waals surface area contributed by atoms with Gasteiger partial charge < -0.3 is 10.6 Å². The summed E-state index contributed by atoms with van der Waals surface area (Å²) in [5.74, 6) is 0.343. The Hall–Kier alpha value is -3.22. The number of hydrogen-bond acceptors (Lipinski definition) is 4. The summed E-state index contributed by atoms with van der Waals surface area (Å²) in [5, 5.41) is 8.58. The Bertz CT molecular complexity index is 935.